The van der Waals surface area contributed by atoms with Crippen molar-refractivity contribution in [2.45, 2.75) is 26.1 Å². The molecule has 4 heteroatoms. The van der Waals surface area contributed by atoms with E-state index in [1.54, 1.807) is 0 Å². The molecule has 1 aromatic carbocycles. The van der Waals surface area contributed by atoms with Gasteiger partial charge in [-0.05, 0) is 61.9 Å². The van der Waals surface area contributed by atoms with Crippen LogP contribution in [0.2, 0.25) is 0 Å². The van der Waals surface area contributed by atoms with Crippen LogP contribution in [0.3, 0.4) is 0 Å². The fourth-order valence-electron chi connectivity index (χ4n) is 1.22. The highest BCUT2D eigenvalue weighted by Gasteiger charge is 2.08. The fourth-order valence-corrected chi connectivity index (χ4v) is 2.89. The monoisotopic (exact) mass is 368 g/mol. The third kappa shape index (κ3) is 4.27. The summed E-state index contributed by atoms with van der Waals surface area (Å²) in [4.78, 5) is 0. The Hall–Kier alpha value is 0.270. The molecule has 0 aliphatic rings. The van der Waals surface area contributed by atoms with Crippen LogP contribution >= 0.6 is 43.5 Å². The van der Waals surface area contributed by atoms with Crippen molar-refractivity contribution in [1.82, 2.24) is 0 Å². The van der Waals surface area contributed by atoms with Crippen molar-refractivity contribution in [3.8, 4) is 5.75 Å². The molecule has 0 N–H and O–H groups in total. The van der Waals surface area contributed by atoms with Crippen molar-refractivity contribution < 1.29 is 4.74 Å². The summed E-state index contributed by atoms with van der Waals surface area (Å²) in [5, 5.41) is 0. The van der Waals surface area contributed by atoms with Crippen LogP contribution in [0, 0.1) is 5.92 Å². The van der Waals surface area contributed by atoms with Crippen molar-refractivity contribution in [2.24, 2.45) is 5.92 Å². The van der Waals surface area contributed by atoms with E-state index >= 15 is 0 Å². The maximum absolute atomic E-state index is 5.79. The van der Waals surface area contributed by atoms with Crippen molar-refractivity contribution in [2.75, 3.05) is 6.61 Å². The van der Waals surface area contributed by atoms with E-state index in [9.17, 15) is 0 Å². The Morgan fingerprint density at radius 1 is 1.25 bits per heavy atom. The van der Waals surface area contributed by atoms with E-state index in [0.717, 1.165) is 33.3 Å². The van der Waals surface area contributed by atoms with Crippen LogP contribution < -0.4 is 4.74 Å². The molecule has 0 unspecified atom stereocenters. The minimum absolute atomic E-state index is 0.503. The van der Waals surface area contributed by atoms with Crippen LogP contribution in [0.25, 0.3) is 0 Å². The predicted molar refractivity (Wildman–Crippen MR) is 76.3 cm³/mol. The summed E-state index contributed by atoms with van der Waals surface area (Å²) in [6.45, 7) is 5.10. The second-order valence-electron chi connectivity index (χ2n) is 4.05. The first kappa shape index (κ1) is 14.3. The minimum Gasteiger partial charge on any atom is -0.491 e. The van der Waals surface area contributed by atoms with Gasteiger partial charge in [0.05, 0.1) is 15.6 Å². The number of benzene rings is 1. The summed E-state index contributed by atoms with van der Waals surface area (Å²) in [5.41, 5.74) is 1.07. The molecule has 0 aromatic heterocycles. The summed E-state index contributed by atoms with van der Waals surface area (Å²) >= 11 is 12.8. The van der Waals surface area contributed by atoms with Crippen LogP contribution in [0.15, 0.2) is 21.1 Å². The molecule has 16 heavy (non-hydrogen) atoms. The molecule has 0 bridgehead atoms. The normalized spacial score (nSPS) is 10.9. The van der Waals surface area contributed by atoms with Gasteiger partial charge < -0.3 is 4.74 Å². The molecule has 1 nitrogen and oxygen atoms in total. The zero-order valence-corrected chi connectivity index (χ0v) is 13.3. The lowest BCUT2D eigenvalue weighted by Gasteiger charge is -2.12. The summed E-state index contributed by atoms with van der Waals surface area (Å²) in [7, 11) is 0. The van der Waals surface area contributed by atoms with Gasteiger partial charge in [-0.2, -0.15) is 0 Å². The van der Waals surface area contributed by atoms with Gasteiger partial charge in [0.1, 0.15) is 5.75 Å². The van der Waals surface area contributed by atoms with E-state index in [1.807, 2.05) is 12.1 Å². The van der Waals surface area contributed by atoms with Gasteiger partial charge in [-0.25, -0.2) is 0 Å². The zero-order chi connectivity index (χ0) is 12.1. The predicted octanol–water partition coefficient (Wildman–Crippen LogP) is 5.38. The summed E-state index contributed by atoms with van der Waals surface area (Å²) < 4.78 is 7.63. The number of hydrogen-bond acceptors (Lipinski definition) is 1. The van der Waals surface area contributed by atoms with Crippen molar-refractivity contribution in [3.05, 3.63) is 26.6 Å². The van der Waals surface area contributed by atoms with Gasteiger partial charge in [0.15, 0.2) is 0 Å². The summed E-state index contributed by atoms with van der Waals surface area (Å²) in [6.07, 6.45) is 1.05. The van der Waals surface area contributed by atoms with Crippen molar-refractivity contribution in [3.63, 3.8) is 0 Å². The highest BCUT2D eigenvalue weighted by molar-refractivity contribution is 9.11. The number of rotatable bonds is 5. The Bertz CT molecular complexity index is 330. The van der Waals surface area contributed by atoms with Gasteiger partial charge in [-0.15, -0.1) is 11.6 Å². The molecule has 0 saturated heterocycles. The molecule has 0 radical (unpaired) electrons. The van der Waals surface area contributed by atoms with Crippen LogP contribution in [-0.4, -0.2) is 6.61 Å². The van der Waals surface area contributed by atoms with Gasteiger partial charge in [0.2, 0.25) is 0 Å². The van der Waals surface area contributed by atoms with E-state index in [2.05, 4.69) is 45.7 Å². The van der Waals surface area contributed by atoms with Gasteiger partial charge in [0.25, 0.3) is 0 Å². The quantitative estimate of drug-likeness (QED) is 0.633. The van der Waals surface area contributed by atoms with Crippen LogP contribution in [-0.2, 0) is 5.88 Å². The smallest absolute Gasteiger partial charge is 0.147 e. The van der Waals surface area contributed by atoms with E-state index in [0.29, 0.717) is 11.8 Å². The lowest BCUT2D eigenvalue weighted by Crippen LogP contribution is -2.02. The number of hydrogen-bond donors (Lipinski definition) is 0. The molecule has 90 valence electrons. The molecule has 0 saturated carbocycles. The highest BCUT2D eigenvalue weighted by atomic mass is 79.9. The Labute approximate surface area is 119 Å². The molecular formula is C12H15Br2ClO. The first-order chi connectivity index (χ1) is 7.54. The molecule has 0 aliphatic carbocycles. The van der Waals surface area contributed by atoms with E-state index < -0.39 is 0 Å². The van der Waals surface area contributed by atoms with Crippen LogP contribution in [0.4, 0.5) is 0 Å². The average molecular weight is 371 g/mol. The SMILES string of the molecule is CC(C)CCOc1c(Br)cc(CCl)cc1Br. The Balaban J connectivity index is 2.72. The van der Waals surface area contributed by atoms with Gasteiger partial charge in [0, 0.05) is 5.88 Å². The third-order valence-corrected chi connectivity index (χ3v) is 3.64. The maximum Gasteiger partial charge on any atom is 0.147 e. The number of alkyl halides is 1. The standard InChI is InChI=1S/C12H15Br2ClO/c1-8(2)3-4-16-12-10(13)5-9(7-15)6-11(12)14/h5-6,8H,3-4,7H2,1-2H3. The van der Waals surface area contributed by atoms with E-state index in [4.69, 9.17) is 16.3 Å². The Kier molecular flexibility index (Phi) is 6.16. The maximum atomic E-state index is 5.79. The molecule has 0 fully saturated rings. The number of halogens is 3. The summed E-state index contributed by atoms with van der Waals surface area (Å²) in [5.74, 6) is 2.01. The zero-order valence-electron chi connectivity index (χ0n) is 9.40. The van der Waals surface area contributed by atoms with Crippen molar-refractivity contribution in [1.29, 1.82) is 0 Å². The molecule has 0 atom stereocenters. The molecular weight excluding hydrogens is 355 g/mol. The molecule has 1 rings (SSSR count). The van der Waals surface area contributed by atoms with Gasteiger partial charge >= 0.3 is 0 Å². The Morgan fingerprint density at radius 3 is 2.25 bits per heavy atom. The van der Waals surface area contributed by atoms with Crippen molar-refractivity contribution >= 4 is 43.5 Å². The lowest BCUT2D eigenvalue weighted by molar-refractivity contribution is 0.286. The molecule has 0 heterocycles. The van der Waals surface area contributed by atoms with E-state index in [-0.39, 0.29) is 0 Å². The second kappa shape index (κ2) is 6.87. The van der Waals surface area contributed by atoms with Gasteiger partial charge in [-0.3, -0.25) is 0 Å². The van der Waals surface area contributed by atoms with Gasteiger partial charge in [-0.1, -0.05) is 13.8 Å². The molecule has 0 amide bonds. The first-order valence-corrected chi connectivity index (χ1v) is 7.33. The Morgan fingerprint density at radius 2 is 1.81 bits per heavy atom. The summed E-state index contributed by atoms with van der Waals surface area (Å²) in [6, 6.07) is 3.98. The average Bonchev–Trinajstić information content (AvgIpc) is 2.21. The number of ether oxygens (including phenoxy) is 1. The fraction of sp³-hybridized carbons (Fsp3) is 0.500. The third-order valence-electron chi connectivity index (χ3n) is 2.15. The highest BCUT2D eigenvalue weighted by Crippen LogP contribution is 2.35. The molecule has 0 aliphatic heterocycles. The lowest BCUT2D eigenvalue weighted by atomic mass is 10.1. The van der Waals surface area contributed by atoms with Crippen LogP contribution in [0.1, 0.15) is 25.8 Å². The van der Waals surface area contributed by atoms with Crippen LogP contribution in [0.5, 0.6) is 5.75 Å². The largest absolute Gasteiger partial charge is 0.491 e. The van der Waals surface area contributed by atoms with E-state index in [1.165, 1.54) is 0 Å². The molecule has 1 aromatic rings. The second-order valence-corrected chi connectivity index (χ2v) is 6.03. The molecule has 0 spiro atoms. The topological polar surface area (TPSA) is 9.23 Å². The first-order valence-electron chi connectivity index (χ1n) is 5.21. The minimum atomic E-state index is 0.503.